The van der Waals surface area contributed by atoms with Crippen LogP contribution in [0.3, 0.4) is 0 Å². The largest absolute Gasteiger partial charge is 0.465 e. The average molecular weight is 300 g/mol. The SMILES string of the molecule is CCOC(=O)C(C)(CCCCN(C)C(C)CC(C)C)NC. The van der Waals surface area contributed by atoms with E-state index in [2.05, 4.69) is 38.0 Å². The number of rotatable bonds is 11. The van der Waals surface area contributed by atoms with E-state index in [0.29, 0.717) is 12.6 Å². The summed E-state index contributed by atoms with van der Waals surface area (Å²) >= 11 is 0. The van der Waals surface area contributed by atoms with Crippen LogP contribution in [0.1, 0.15) is 60.3 Å². The molecule has 0 bridgehead atoms. The number of carbonyl (C=O) groups excluding carboxylic acids is 1. The molecule has 0 saturated carbocycles. The van der Waals surface area contributed by atoms with E-state index in [9.17, 15) is 4.79 Å². The quantitative estimate of drug-likeness (QED) is 0.470. The maximum absolute atomic E-state index is 12.0. The molecule has 0 saturated heterocycles. The lowest BCUT2D eigenvalue weighted by Gasteiger charge is -2.28. The van der Waals surface area contributed by atoms with Crippen LogP contribution in [-0.2, 0) is 9.53 Å². The molecule has 0 fully saturated rings. The first-order valence-corrected chi connectivity index (χ1v) is 8.33. The van der Waals surface area contributed by atoms with Crippen molar-refractivity contribution in [2.45, 2.75) is 71.9 Å². The number of hydrogen-bond donors (Lipinski definition) is 1. The summed E-state index contributed by atoms with van der Waals surface area (Å²) in [6, 6.07) is 0.616. The normalized spacial score (nSPS) is 16.0. The molecule has 0 heterocycles. The van der Waals surface area contributed by atoms with Gasteiger partial charge in [0.15, 0.2) is 0 Å². The van der Waals surface area contributed by atoms with Crippen LogP contribution in [0.15, 0.2) is 0 Å². The van der Waals surface area contributed by atoms with Crippen molar-refractivity contribution in [3.63, 3.8) is 0 Å². The number of unbranched alkanes of at least 4 members (excludes halogenated alkanes) is 1. The Kier molecular flexibility index (Phi) is 9.88. The van der Waals surface area contributed by atoms with Gasteiger partial charge < -0.3 is 15.0 Å². The molecule has 4 nitrogen and oxygen atoms in total. The second-order valence-corrected chi connectivity index (χ2v) is 6.72. The number of hydrogen-bond acceptors (Lipinski definition) is 4. The van der Waals surface area contributed by atoms with Crippen molar-refractivity contribution in [2.24, 2.45) is 5.92 Å². The molecule has 2 unspecified atom stereocenters. The molecular formula is C17H36N2O2. The van der Waals surface area contributed by atoms with Gasteiger partial charge in [0.2, 0.25) is 0 Å². The first kappa shape index (κ1) is 20.4. The number of ether oxygens (including phenoxy) is 1. The molecule has 0 radical (unpaired) electrons. The zero-order valence-electron chi connectivity index (χ0n) is 15.2. The van der Waals surface area contributed by atoms with E-state index in [-0.39, 0.29) is 5.97 Å². The third kappa shape index (κ3) is 7.82. The van der Waals surface area contributed by atoms with Crippen molar-refractivity contribution in [2.75, 3.05) is 27.2 Å². The van der Waals surface area contributed by atoms with Gasteiger partial charge in [0.1, 0.15) is 5.54 Å². The van der Waals surface area contributed by atoms with Gasteiger partial charge in [-0.25, -0.2) is 0 Å². The van der Waals surface area contributed by atoms with Crippen LogP contribution in [0, 0.1) is 5.92 Å². The lowest BCUT2D eigenvalue weighted by Crippen LogP contribution is -2.48. The van der Waals surface area contributed by atoms with Crippen molar-refractivity contribution >= 4 is 5.97 Å². The number of carbonyl (C=O) groups is 1. The monoisotopic (exact) mass is 300 g/mol. The fourth-order valence-electron chi connectivity index (χ4n) is 2.54. The third-order valence-corrected chi connectivity index (χ3v) is 4.28. The van der Waals surface area contributed by atoms with Crippen LogP contribution in [0.25, 0.3) is 0 Å². The molecule has 0 aromatic heterocycles. The molecule has 21 heavy (non-hydrogen) atoms. The van der Waals surface area contributed by atoms with E-state index in [1.807, 2.05) is 20.9 Å². The lowest BCUT2D eigenvalue weighted by molar-refractivity contribution is -0.150. The third-order valence-electron chi connectivity index (χ3n) is 4.28. The van der Waals surface area contributed by atoms with E-state index in [0.717, 1.165) is 31.7 Å². The van der Waals surface area contributed by atoms with Crippen molar-refractivity contribution in [1.82, 2.24) is 10.2 Å². The van der Waals surface area contributed by atoms with Crippen LogP contribution in [0.2, 0.25) is 0 Å². The molecule has 0 spiro atoms. The first-order chi connectivity index (χ1) is 9.76. The zero-order chi connectivity index (χ0) is 16.5. The van der Waals surface area contributed by atoms with Crippen molar-refractivity contribution in [3.8, 4) is 0 Å². The molecule has 0 rings (SSSR count). The standard InChI is InChI=1S/C17H36N2O2/c1-8-21-16(20)17(5,18-6)11-9-10-12-19(7)15(4)13-14(2)3/h14-15,18H,8-13H2,1-7H3. The van der Waals surface area contributed by atoms with E-state index in [1.54, 1.807) is 0 Å². The highest BCUT2D eigenvalue weighted by atomic mass is 16.5. The Balaban J connectivity index is 4.09. The summed E-state index contributed by atoms with van der Waals surface area (Å²) < 4.78 is 5.15. The number of nitrogens with one attached hydrogen (secondary N) is 1. The highest BCUT2D eigenvalue weighted by molar-refractivity contribution is 5.80. The van der Waals surface area contributed by atoms with Gasteiger partial charge in [-0.15, -0.1) is 0 Å². The van der Waals surface area contributed by atoms with E-state index >= 15 is 0 Å². The van der Waals surface area contributed by atoms with E-state index in [1.165, 1.54) is 6.42 Å². The highest BCUT2D eigenvalue weighted by Crippen LogP contribution is 2.17. The fraction of sp³-hybridized carbons (Fsp3) is 0.941. The molecule has 0 aliphatic rings. The number of esters is 1. The Labute approximate surface area is 131 Å². The van der Waals surface area contributed by atoms with Gasteiger partial charge in [-0.2, -0.15) is 0 Å². The Morgan fingerprint density at radius 1 is 1.29 bits per heavy atom. The summed E-state index contributed by atoms with van der Waals surface area (Å²) in [7, 11) is 4.02. The topological polar surface area (TPSA) is 41.6 Å². The predicted molar refractivity (Wildman–Crippen MR) is 89.5 cm³/mol. The maximum atomic E-state index is 12.0. The molecule has 2 atom stereocenters. The molecule has 0 aromatic rings. The Bertz CT molecular complexity index is 295. The van der Waals surface area contributed by atoms with Gasteiger partial charge in [-0.1, -0.05) is 13.8 Å². The van der Waals surface area contributed by atoms with Crippen molar-refractivity contribution in [3.05, 3.63) is 0 Å². The van der Waals surface area contributed by atoms with Gasteiger partial charge in [0, 0.05) is 6.04 Å². The minimum Gasteiger partial charge on any atom is -0.465 e. The number of nitrogens with zero attached hydrogens (tertiary/aromatic N) is 1. The summed E-state index contributed by atoms with van der Waals surface area (Å²) in [4.78, 5) is 14.4. The van der Waals surface area contributed by atoms with Gasteiger partial charge in [-0.3, -0.25) is 4.79 Å². The minimum atomic E-state index is -0.557. The summed E-state index contributed by atoms with van der Waals surface area (Å²) in [6.07, 6.45) is 4.17. The Morgan fingerprint density at radius 3 is 2.38 bits per heavy atom. The van der Waals surface area contributed by atoms with Crippen LogP contribution < -0.4 is 5.32 Å². The first-order valence-electron chi connectivity index (χ1n) is 8.33. The fourth-order valence-corrected chi connectivity index (χ4v) is 2.54. The van der Waals surface area contributed by atoms with Crippen molar-refractivity contribution < 1.29 is 9.53 Å². The molecule has 4 heteroatoms. The number of likely N-dealkylation sites (N-methyl/N-ethyl adjacent to an activating group) is 1. The Morgan fingerprint density at radius 2 is 1.90 bits per heavy atom. The summed E-state index contributed by atoms with van der Waals surface area (Å²) in [6.45, 7) is 12.1. The molecule has 126 valence electrons. The Hall–Kier alpha value is -0.610. The van der Waals surface area contributed by atoms with Crippen LogP contribution in [0.4, 0.5) is 0 Å². The van der Waals surface area contributed by atoms with Gasteiger partial charge in [0.25, 0.3) is 0 Å². The minimum absolute atomic E-state index is 0.144. The van der Waals surface area contributed by atoms with Crippen LogP contribution >= 0.6 is 0 Å². The van der Waals surface area contributed by atoms with Gasteiger partial charge >= 0.3 is 5.97 Å². The van der Waals surface area contributed by atoms with E-state index < -0.39 is 5.54 Å². The van der Waals surface area contributed by atoms with E-state index in [4.69, 9.17) is 4.74 Å². The molecule has 0 amide bonds. The van der Waals surface area contributed by atoms with Crippen molar-refractivity contribution in [1.29, 1.82) is 0 Å². The molecular weight excluding hydrogens is 264 g/mol. The van der Waals surface area contributed by atoms with Gasteiger partial charge in [0.05, 0.1) is 6.61 Å². The molecule has 0 aliphatic heterocycles. The summed E-state index contributed by atoms with van der Waals surface area (Å²) in [5.74, 6) is 0.591. The second kappa shape index (κ2) is 10.2. The van der Waals surface area contributed by atoms with Crippen LogP contribution in [-0.4, -0.2) is 49.7 Å². The highest BCUT2D eigenvalue weighted by Gasteiger charge is 2.32. The van der Waals surface area contributed by atoms with Gasteiger partial charge in [-0.05, 0) is 73.0 Å². The summed E-state index contributed by atoms with van der Waals surface area (Å²) in [5.41, 5.74) is -0.557. The predicted octanol–water partition coefficient (Wildman–Crippen LogP) is 3.06. The summed E-state index contributed by atoms with van der Waals surface area (Å²) in [5, 5.41) is 3.11. The molecule has 1 N–H and O–H groups in total. The maximum Gasteiger partial charge on any atom is 0.326 e. The zero-order valence-corrected chi connectivity index (χ0v) is 15.2. The van der Waals surface area contributed by atoms with Crippen LogP contribution in [0.5, 0.6) is 0 Å². The second-order valence-electron chi connectivity index (χ2n) is 6.72. The molecule has 0 aromatic carbocycles. The smallest absolute Gasteiger partial charge is 0.326 e. The lowest BCUT2D eigenvalue weighted by atomic mass is 9.95. The molecule has 0 aliphatic carbocycles. The average Bonchev–Trinajstić information content (AvgIpc) is 2.42.